The summed E-state index contributed by atoms with van der Waals surface area (Å²) in [4.78, 5) is 14.4. The zero-order valence-electron chi connectivity index (χ0n) is 15.7. The minimum atomic E-state index is 0. The summed E-state index contributed by atoms with van der Waals surface area (Å²) in [5, 5.41) is 7.67. The highest BCUT2D eigenvalue weighted by Crippen LogP contribution is 2.19. The quantitative estimate of drug-likeness (QED) is 0.307. The van der Waals surface area contributed by atoms with Crippen LogP contribution in [0.15, 0.2) is 46.1 Å². The van der Waals surface area contributed by atoms with E-state index >= 15 is 0 Å². The number of aromatic nitrogens is 2. The molecule has 0 saturated carbocycles. The van der Waals surface area contributed by atoms with Gasteiger partial charge in [-0.2, -0.15) is 0 Å². The Kier molecular flexibility index (Phi) is 8.23. The number of guanidine groups is 1. The minimum absolute atomic E-state index is 0. The third kappa shape index (κ3) is 6.31. The third-order valence-corrected chi connectivity index (χ3v) is 4.78. The Hall–Kier alpha value is -1.94. The Morgan fingerprint density at radius 1 is 1.19 bits per heavy atom. The van der Waals surface area contributed by atoms with Crippen molar-refractivity contribution >= 4 is 41.3 Å². The molecule has 0 saturated heterocycles. The maximum Gasteiger partial charge on any atom is 0.226 e. The number of aryl methyl sites for hydroxylation is 2. The van der Waals surface area contributed by atoms with Crippen molar-refractivity contribution in [2.75, 3.05) is 13.6 Å². The number of aliphatic imine (C=N–C) groups is 1. The molecule has 2 aromatic heterocycles. The van der Waals surface area contributed by atoms with E-state index in [0.29, 0.717) is 12.4 Å². The van der Waals surface area contributed by atoms with Gasteiger partial charge in [0.25, 0.3) is 0 Å². The van der Waals surface area contributed by atoms with E-state index in [2.05, 4.69) is 39.4 Å². The molecule has 2 N–H and O–H groups in total. The molecule has 0 aliphatic heterocycles. The van der Waals surface area contributed by atoms with E-state index < -0.39 is 0 Å². The number of nitrogens with zero attached hydrogens (tertiary/aromatic N) is 3. The van der Waals surface area contributed by atoms with Crippen LogP contribution in [0, 0.1) is 13.8 Å². The second-order valence-electron chi connectivity index (χ2n) is 5.98. The lowest BCUT2D eigenvalue weighted by molar-refractivity contribution is 0.572. The van der Waals surface area contributed by atoms with Crippen LogP contribution in [0.5, 0.6) is 0 Å². The van der Waals surface area contributed by atoms with Crippen LogP contribution in [0.4, 0.5) is 0 Å². The molecule has 0 spiro atoms. The van der Waals surface area contributed by atoms with Crippen molar-refractivity contribution in [3.8, 4) is 11.5 Å². The zero-order valence-corrected chi connectivity index (χ0v) is 18.8. The molecule has 27 heavy (non-hydrogen) atoms. The van der Waals surface area contributed by atoms with Gasteiger partial charge in [0.2, 0.25) is 5.89 Å². The van der Waals surface area contributed by atoms with E-state index in [-0.39, 0.29) is 24.0 Å². The summed E-state index contributed by atoms with van der Waals surface area (Å²) >= 11 is 1.72. The molecule has 144 valence electrons. The van der Waals surface area contributed by atoms with Crippen molar-refractivity contribution in [1.29, 1.82) is 0 Å². The van der Waals surface area contributed by atoms with Crippen molar-refractivity contribution < 1.29 is 4.42 Å². The van der Waals surface area contributed by atoms with Crippen LogP contribution in [0.2, 0.25) is 0 Å². The number of thiazole rings is 1. The maximum atomic E-state index is 5.58. The molecule has 0 unspecified atom stereocenters. The van der Waals surface area contributed by atoms with E-state index in [1.807, 2.05) is 30.5 Å². The van der Waals surface area contributed by atoms with Crippen LogP contribution in [0.3, 0.4) is 0 Å². The predicted molar refractivity (Wildman–Crippen MR) is 121 cm³/mol. The topological polar surface area (TPSA) is 75.3 Å². The molecule has 3 aromatic rings. The van der Waals surface area contributed by atoms with Crippen molar-refractivity contribution in [1.82, 2.24) is 20.6 Å². The van der Waals surface area contributed by atoms with E-state index in [1.165, 1.54) is 10.4 Å². The fourth-order valence-electron chi connectivity index (χ4n) is 2.42. The van der Waals surface area contributed by atoms with Crippen molar-refractivity contribution in [2.24, 2.45) is 4.99 Å². The predicted octanol–water partition coefficient (Wildman–Crippen LogP) is 3.94. The molecule has 6 nitrogen and oxygen atoms in total. The van der Waals surface area contributed by atoms with Crippen LogP contribution in [0.1, 0.15) is 21.1 Å². The van der Waals surface area contributed by atoms with Crippen LogP contribution >= 0.6 is 35.3 Å². The van der Waals surface area contributed by atoms with E-state index in [9.17, 15) is 0 Å². The Morgan fingerprint density at radius 2 is 1.96 bits per heavy atom. The first-order valence-corrected chi connectivity index (χ1v) is 9.33. The van der Waals surface area contributed by atoms with E-state index in [4.69, 9.17) is 4.42 Å². The first-order chi connectivity index (χ1) is 12.6. The van der Waals surface area contributed by atoms with Gasteiger partial charge in [-0.25, -0.2) is 9.97 Å². The van der Waals surface area contributed by atoms with E-state index in [1.54, 1.807) is 24.6 Å². The Bertz CT molecular complexity index is 872. The monoisotopic (exact) mass is 497 g/mol. The molecule has 1 aromatic carbocycles. The molecule has 0 aliphatic rings. The molecular weight excluding hydrogens is 473 g/mol. The fraction of sp³-hybridized carbons (Fsp3) is 0.316. The summed E-state index contributed by atoms with van der Waals surface area (Å²) in [6, 6.07) is 8.12. The SMILES string of the molecule is CN=C(NCCc1ncc(C)s1)NCc1coc(-c2ccc(C)cc2)n1.I. The smallest absolute Gasteiger partial charge is 0.226 e. The minimum Gasteiger partial charge on any atom is -0.444 e. The molecular formula is C19H24IN5OS. The normalized spacial score (nSPS) is 11.1. The van der Waals surface area contributed by atoms with Crippen molar-refractivity contribution in [2.45, 2.75) is 26.8 Å². The third-order valence-electron chi connectivity index (χ3n) is 3.81. The number of rotatable bonds is 6. The van der Waals surface area contributed by atoms with Crippen LogP contribution in [-0.2, 0) is 13.0 Å². The average molecular weight is 497 g/mol. The first-order valence-electron chi connectivity index (χ1n) is 8.51. The van der Waals surface area contributed by atoms with Gasteiger partial charge >= 0.3 is 0 Å². The van der Waals surface area contributed by atoms with Gasteiger partial charge in [-0.1, -0.05) is 17.7 Å². The summed E-state index contributed by atoms with van der Waals surface area (Å²) in [7, 11) is 1.75. The van der Waals surface area contributed by atoms with Gasteiger partial charge < -0.3 is 15.1 Å². The number of nitrogens with one attached hydrogen (secondary N) is 2. The van der Waals surface area contributed by atoms with Gasteiger partial charge in [0.15, 0.2) is 5.96 Å². The van der Waals surface area contributed by atoms with E-state index in [0.717, 1.165) is 35.2 Å². The number of halogens is 1. The van der Waals surface area contributed by atoms with Crippen LogP contribution in [0.25, 0.3) is 11.5 Å². The molecule has 8 heteroatoms. The first kappa shape index (κ1) is 21.4. The second-order valence-corrected chi connectivity index (χ2v) is 7.30. The number of benzene rings is 1. The standard InChI is InChI=1S/C19H23N5OS.HI/c1-13-4-6-15(7-5-13)18-24-16(12-25-18)11-23-19(20-3)21-9-8-17-22-10-14(2)26-17;/h4-7,10,12H,8-9,11H2,1-3H3,(H2,20,21,23);1H. The average Bonchev–Trinajstić information content (AvgIpc) is 3.28. The molecule has 0 atom stereocenters. The zero-order chi connectivity index (χ0) is 18.4. The van der Waals surface area contributed by atoms with Crippen molar-refractivity contribution in [3.05, 3.63) is 57.9 Å². The highest BCUT2D eigenvalue weighted by atomic mass is 127. The largest absolute Gasteiger partial charge is 0.444 e. The second kappa shape index (κ2) is 10.4. The summed E-state index contributed by atoms with van der Waals surface area (Å²) in [5.74, 6) is 1.36. The molecule has 0 radical (unpaired) electrons. The Labute approximate surface area is 180 Å². The number of hydrogen-bond donors (Lipinski definition) is 2. The summed E-state index contributed by atoms with van der Waals surface area (Å²) < 4.78 is 5.58. The van der Waals surface area contributed by atoms with Gasteiger partial charge in [0, 0.05) is 36.7 Å². The summed E-state index contributed by atoms with van der Waals surface area (Å²) in [6.07, 6.45) is 4.46. The molecule has 0 bridgehead atoms. The molecule has 2 heterocycles. The molecule has 0 amide bonds. The molecule has 0 fully saturated rings. The number of oxazole rings is 1. The summed E-state index contributed by atoms with van der Waals surface area (Å²) in [5.41, 5.74) is 3.02. The van der Waals surface area contributed by atoms with Crippen molar-refractivity contribution in [3.63, 3.8) is 0 Å². The Balaban J connectivity index is 0.00000261. The van der Waals surface area contributed by atoms with Crippen LogP contribution < -0.4 is 10.6 Å². The number of hydrogen-bond acceptors (Lipinski definition) is 5. The van der Waals surface area contributed by atoms with Crippen LogP contribution in [-0.4, -0.2) is 29.5 Å². The lowest BCUT2D eigenvalue weighted by Crippen LogP contribution is -2.37. The van der Waals surface area contributed by atoms with Gasteiger partial charge in [-0.3, -0.25) is 4.99 Å². The maximum absolute atomic E-state index is 5.58. The highest BCUT2D eigenvalue weighted by Gasteiger charge is 2.07. The van der Waals surface area contributed by atoms with Gasteiger partial charge in [-0.15, -0.1) is 35.3 Å². The Morgan fingerprint density at radius 3 is 2.63 bits per heavy atom. The van der Waals surface area contributed by atoms with Gasteiger partial charge in [0.1, 0.15) is 6.26 Å². The van der Waals surface area contributed by atoms with Gasteiger partial charge in [0.05, 0.1) is 17.2 Å². The lowest BCUT2D eigenvalue weighted by atomic mass is 10.1. The molecule has 3 rings (SSSR count). The van der Waals surface area contributed by atoms with Gasteiger partial charge in [-0.05, 0) is 26.0 Å². The molecule has 0 aliphatic carbocycles. The summed E-state index contributed by atoms with van der Waals surface area (Å²) in [6.45, 7) is 5.45. The fourth-order valence-corrected chi connectivity index (χ4v) is 3.20. The highest BCUT2D eigenvalue weighted by molar-refractivity contribution is 14.0. The lowest BCUT2D eigenvalue weighted by Gasteiger charge is -2.09.